The molecule has 7 heteroatoms. The second-order valence-electron chi connectivity index (χ2n) is 5.32. The van der Waals surface area contributed by atoms with E-state index in [9.17, 15) is 9.59 Å². The maximum absolute atomic E-state index is 13.0. The summed E-state index contributed by atoms with van der Waals surface area (Å²) < 4.78 is 6.27. The van der Waals surface area contributed by atoms with Gasteiger partial charge >= 0.3 is 5.97 Å². The molecule has 0 aliphatic rings. The van der Waals surface area contributed by atoms with Crippen LogP contribution in [-0.2, 0) is 9.53 Å². The van der Waals surface area contributed by atoms with Gasteiger partial charge in [-0.3, -0.25) is 14.2 Å². The van der Waals surface area contributed by atoms with Crippen molar-refractivity contribution in [2.45, 2.75) is 17.3 Å². The van der Waals surface area contributed by atoms with E-state index in [1.807, 2.05) is 30.3 Å². The molecule has 0 radical (unpaired) electrons. The van der Waals surface area contributed by atoms with Crippen LogP contribution in [0, 0.1) is 0 Å². The smallest absolute Gasteiger partial charge is 0.318 e. The molecule has 1 heterocycles. The van der Waals surface area contributed by atoms with E-state index in [0.717, 1.165) is 0 Å². The maximum atomic E-state index is 13.0. The van der Waals surface area contributed by atoms with Crippen LogP contribution in [0.1, 0.15) is 6.92 Å². The summed E-state index contributed by atoms with van der Waals surface area (Å²) in [6.45, 7) is 1.71. The highest BCUT2D eigenvalue weighted by Crippen LogP contribution is 2.26. The highest BCUT2D eigenvalue weighted by atomic mass is 35.5. The van der Waals surface area contributed by atoms with Crippen LogP contribution in [-0.4, -0.2) is 27.9 Å². The molecule has 5 nitrogen and oxygen atoms in total. The van der Waals surface area contributed by atoms with Gasteiger partial charge in [0.05, 0.1) is 23.7 Å². The monoisotopic (exact) mass is 374 g/mol. The first-order chi connectivity index (χ1) is 12.0. The number of aromatic nitrogens is 2. The molecule has 2 aromatic carbocycles. The Kier molecular flexibility index (Phi) is 5.11. The fraction of sp³-hybridized carbons (Fsp3) is 0.167. The number of carbonyl (C=O) groups is 1. The number of hydrogen-bond acceptors (Lipinski definition) is 5. The SMILES string of the molecule is COC(=O)C(C)Sc1nc2cc(Cl)ccc2c(=O)n1-c1ccccc1. The average Bonchev–Trinajstić information content (AvgIpc) is 2.61. The minimum absolute atomic E-state index is 0.215. The number of nitrogens with zero attached hydrogens (tertiary/aromatic N) is 2. The van der Waals surface area contributed by atoms with Crippen molar-refractivity contribution in [3.8, 4) is 5.69 Å². The number of benzene rings is 2. The molecule has 0 spiro atoms. The number of thioether (sulfide) groups is 1. The van der Waals surface area contributed by atoms with E-state index in [4.69, 9.17) is 16.3 Å². The Morgan fingerprint density at radius 3 is 2.64 bits per heavy atom. The van der Waals surface area contributed by atoms with E-state index in [1.54, 1.807) is 25.1 Å². The summed E-state index contributed by atoms with van der Waals surface area (Å²) in [5.41, 5.74) is 0.952. The number of para-hydroxylation sites is 1. The third-order valence-electron chi connectivity index (χ3n) is 3.63. The molecule has 3 aromatic rings. The lowest BCUT2D eigenvalue weighted by molar-refractivity contribution is -0.139. The molecule has 0 amide bonds. The van der Waals surface area contributed by atoms with Crippen molar-refractivity contribution in [2.24, 2.45) is 0 Å². The number of rotatable bonds is 4. The minimum atomic E-state index is -0.511. The summed E-state index contributed by atoms with van der Waals surface area (Å²) in [5, 5.41) is 0.851. The third kappa shape index (κ3) is 3.55. The van der Waals surface area contributed by atoms with Crippen LogP contribution in [0.5, 0.6) is 0 Å². The Morgan fingerprint density at radius 2 is 1.96 bits per heavy atom. The van der Waals surface area contributed by atoms with Gasteiger partial charge < -0.3 is 4.74 Å². The minimum Gasteiger partial charge on any atom is -0.468 e. The summed E-state index contributed by atoms with van der Waals surface area (Å²) in [5.74, 6) is -0.384. The van der Waals surface area contributed by atoms with Crippen molar-refractivity contribution < 1.29 is 9.53 Å². The summed E-state index contributed by atoms with van der Waals surface area (Å²) in [4.78, 5) is 29.4. The summed E-state index contributed by atoms with van der Waals surface area (Å²) in [6, 6.07) is 14.1. The van der Waals surface area contributed by atoms with Crippen LogP contribution in [0.15, 0.2) is 58.5 Å². The second-order valence-corrected chi connectivity index (χ2v) is 7.06. The molecule has 0 aliphatic heterocycles. The zero-order chi connectivity index (χ0) is 18.0. The largest absolute Gasteiger partial charge is 0.468 e. The molecule has 128 valence electrons. The van der Waals surface area contributed by atoms with Crippen molar-refractivity contribution >= 4 is 40.2 Å². The van der Waals surface area contributed by atoms with Crippen LogP contribution < -0.4 is 5.56 Å². The van der Waals surface area contributed by atoms with Crippen molar-refractivity contribution in [2.75, 3.05) is 7.11 Å². The molecule has 1 unspecified atom stereocenters. The van der Waals surface area contributed by atoms with E-state index in [-0.39, 0.29) is 11.5 Å². The molecule has 0 saturated heterocycles. The average molecular weight is 375 g/mol. The zero-order valence-electron chi connectivity index (χ0n) is 13.6. The molecule has 3 rings (SSSR count). The standard InChI is InChI=1S/C18H15ClN2O3S/c1-11(17(23)24-2)25-18-20-15-10-12(19)8-9-14(15)16(22)21(18)13-6-4-3-5-7-13/h3-11H,1-2H3. The fourth-order valence-electron chi connectivity index (χ4n) is 2.39. The highest BCUT2D eigenvalue weighted by molar-refractivity contribution is 8.00. The molecule has 0 N–H and O–H groups in total. The van der Waals surface area contributed by atoms with Gasteiger partial charge in [0.1, 0.15) is 5.25 Å². The quantitative estimate of drug-likeness (QED) is 0.396. The Labute approximate surface area is 153 Å². The molecule has 0 saturated carbocycles. The van der Waals surface area contributed by atoms with E-state index < -0.39 is 5.25 Å². The zero-order valence-corrected chi connectivity index (χ0v) is 15.2. The van der Waals surface area contributed by atoms with Crippen molar-refractivity contribution in [1.82, 2.24) is 9.55 Å². The van der Waals surface area contributed by atoms with Gasteiger partial charge in [0.15, 0.2) is 5.16 Å². The Hall–Kier alpha value is -2.31. The van der Waals surface area contributed by atoms with Crippen molar-refractivity contribution in [1.29, 1.82) is 0 Å². The summed E-state index contributed by atoms with van der Waals surface area (Å²) >= 11 is 7.20. The van der Waals surface area contributed by atoms with Gasteiger partial charge in [-0.15, -0.1) is 0 Å². The third-order valence-corrected chi connectivity index (χ3v) is 4.90. The molecule has 25 heavy (non-hydrogen) atoms. The molecular formula is C18H15ClN2O3S. The van der Waals surface area contributed by atoms with Gasteiger partial charge in [-0.2, -0.15) is 0 Å². The predicted octanol–water partition coefficient (Wildman–Crippen LogP) is 3.69. The van der Waals surface area contributed by atoms with E-state index >= 15 is 0 Å². The van der Waals surface area contributed by atoms with Crippen LogP contribution in [0.3, 0.4) is 0 Å². The van der Waals surface area contributed by atoms with Gasteiger partial charge in [-0.1, -0.05) is 41.6 Å². The molecule has 0 aliphatic carbocycles. The highest BCUT2D eigenvalue weighted by Gasteiger charge is 2.20. The fourth-order valence-corrected chi connectivity index (χ4v) is 3.51. The van der Waals surface area contributed by atoms with E-state index in [0.29, 0.717) is 26.8 Å². The van der Waals surface area contributed by atoms with Crippen molar-refractivity contribution in [3.05, 3.63) is 63.9 Å². The second kappa shape index (κ2) is 7.29. The number of halogens is 1. The molecule has 1 atom stereocenters. The topological polar surface area (TPSA) is 61.2 Å². The number of methoxy groups -OCH3 is 1. The van der Waals surface area contributed by atoms with Gasteiger partial charge in [0, 0.05) is 5.02 Å². The number of carbonyl (C=O) groups excluding carboxylic acids is 1. The van der Waals surface area contributed by atoms with Crippen molar-refractivity contribution in [3.63, 3.8) is 0 Å². The number of hydrogen-bond donors (Lipinski definition) is 0. The lowest BCUT2D eigenvalue weighted by atomic mass is 10.2. The first-order valence-electron chi connectivity index (χ1n) is 7.53. The number of fused-ring (bicyclic) bond motifs is 1. The molecule has 0 fully saturated rings. The number of ether oxygens (including phenoxy) is 1. The van der Waals surface area contributed by atoms with Crippen LogP contribution in [0.2, 0.25) is 5.02 Å². The Morgan fingerprint density at radius 1 is 1.24 bits per heavy atom. The van der Waals surface area contributed by atoms with Gasteiger partial charge in [0.25, 0.3) is 5.56 Å². The first kappa shape index (κ1) is 17.5. The lowest BCUT2D eigenvalue weighted by Crippen LogP contribution is -2.24. The molecule has 0 bridgehead atoms. The van der Waals surface area contributed by atoms with Gasteiger partial charge in [-0.25, -0.2) is 4.98 Å². The lowest BCUT2D eigenvalue weighted by Gasteiger charge is -2.15. The molecular weight excluding hydrogens is 360 g/mol. The van der Waals surface area contributed by atoms with Gasteiger partial charge in [0.2, 0.25) is 0 Å². The van der Waals surface area contributed by atoms with Crippen LogP contribution in [0.25, 0.3) is 16.6 Å². The maximum Gasteiger partial charge on any atom is 0.318 e. The molecule has 1 aromatic heterocycles. The van der Waals surface area contributed by atoms with Gasteiger partial charge in [-0.05, 0) is 37.3 Å². The van der Waals surface area contributed by atoms with Crippen LogP contribution in [0.4, 0.5) is 0 Å². The predicted molar refractivity (Wildman–Crippen MR) is 99.7 cm³/mol. The summed E-state index contributed by atoms with van der Waals surface area (Å²) in [7, 11) is 1.33. The van der Waals surface area contributed by atoms with Crippen LogP contribution >= 0.6 is 23.4 Å². The first-order valence-corrected chi connectivity index (χ1v) is 8.79. The Bertz CT molecular complexity index is 989. The summed E-state index contributed by atoms with van der Waals surface area (Å²) in [6.07, 6.45) is 0. The Balaban J connectivity index is 2.25. The van der Waals surface area contributed by atoms with E-state index in [2.05, 4.69) is 4.98 Å². The van der Waals surface area contributed by atoms with E-state index in [1.165, 1.54) is 23.4 Å². The number of esters is 1. The normalized spacial score (nSPS) is 12.1.